The Labute approximate surface area is 211 Å². The topological polar surface area (TPSA) is 97.9 Å². The number of benzene rings is 1. The predicted octanol–water partition coefficient (Wildman–Crippen LogP) is 2.81. The SMILES string of the molecule is COC(=O)N1c2ccc3c(nc(CCn4cccn4)n3CC(O)N(C)C3CCOCC3)c2CC[C@@H]1C. The van der Waals surface area contributed by atoms with Crippen molar-refractivity contribution in [2.45, 2.75) is 70.4 Å². The van der Waals surface area contributed by atoms with Gasteiger partial charge in [0.1, 0.15) is 12.1 Å². The molecule has 3 aromatic rings. The van der Waals surface area contributed by atoms with E-state index in [4.69, 9.17) is 14.5 Å². The van der Waals surface area contributed by atoms with Crippen LogP contribution in [0.5, 0.6) is 0 Å². The number of aromatic nitrogens is 4. The number of rotatable bonds is 7. The van der Waals surface area contributed by atoms with Gasteiger partial charge in [0, 0.05) is 56.2 Å². The van der Waals surface area contributed by atoms with Gasteiger partial charge in [0.05, 0.1) is 30.4 Å². The minimum Gasteiger partial charge on any atom is -0.452 e. The summed E-state index contributed by atoms with van der Waals surface area (Å²) in [7, 11) is 3.40. The number of amides is 1. The molecule has 1 N–H and O–H groups in total. The summed E-state index contributed by atoms with van der Waals surface area (Å²) >= 11 is 0. The monoisotopic (exact) mass is 496 g/mol. The van der Waals surface area contributed by atoms with Crippen LogP contribution in [-0.4, -0.2) is 81.1 Å². The average Bonchev–Trinajstić information content (AvgIpc) is 3.55. The van der Waals surface area contributed by atoms with Crippen molar-refractivity contribution >= 4 is 22.8 Å². The molecule has 0 bridgehead atoms. The lowest BCUT2D eigenvalue weighted by atomic mass is 9.96. The molecule has 1 unspecified atom stereocenters. The molecule has 0 spiro atoms. The number of carbonyl (C=O) groups excluding carboxylic acids is 1. The summed E-state index contributed by atoms with van der Waals surface area (Å²) in [6, 6.07) is 6.27. The maximum atomic E-state index is 12.6. The Hall–Kier alpha value is -2.95. The summed E-state index contributed by atoms with van der Waals surface area (Å²) in [5, 5.41) is 15.6. The number of hydrogen-bond donors (Lipinski definition) is 1. The van der Waals surface area contributed by atoms with E-state index in [2.05, 4.69) is 14.6 Å². The van der Waals surface area contributed by atoms with Crippen molar-refractivity contribution < 1.29 is 19.4 Å². The van der Waals surface area contributed by atoms with E-state index in [1.54, 1.807) is 11.1 Å². The number of nitrogens with zero attached hydrogens (tertiary/aromatic N) is 6. The molecule has 36 heavy (non-hydrogen) atoms. The summed E-state index contributed by atoms with van der Waals surface area (Å²) in [5.41, 5.74) is 3.78. The fourth-order valence-corrected chi connectivity index (χ4v) is 5.52. The minimum absolute atomic E-state index is 0.0544. The van der Waals surface area contributed by atoms with E-state index in [1.165, 1.54) is 7.11 Å². The van der Waals surface area contributed by atoms with Gasteiger partial charge in [-0.2, -0.15) is 5.10 Å². The van der Waals surface area contributed by atoms with E-state index in [-0.39, 0.29) is 12.1 Å². The Morgan fingerprint density at radius 1 is 1.31 bits per heavy atom. The highest BCUT2D eigenvalue weighted by Gasteiger charge is 2.32. The molecule has 5 rings (SSSR count). The lowest BCUT2D eigenvalue weighted by Crippen LogP contribution is -2.45. The van der Waals surface area contributed by atoms with Gasteiger partial charge in [-0.3, -0.25) is 14.5 Å². The normalized spacial score (nSPS) is 19.6. The van der Waals surface area contributed by atoms with Crippen LogP contribution in [0.3, 0.4) is 0 Å². The van der Waals surface area contributed by atoms with Crippen LogP contribution in [0.1, 0.15) is 37.6 Å². The van der Waals surface area contributed by atoms with Crippen LogP contribution >= 0.6 is 0 Å². The lowest BCUT2D eigenvalue weighted by Gasteiger charge is -2.35. The maximum absolute atomic E-state index is 12.6. The van der Waals surface area contributed by atoms with Crippen LogP contribution in [0.25, 0.3) is 11.0 Å². The molecule has 0 saturated carbocycles. The zero-order valence-corrected chi connectivity index (χ0v) is 21.3. The maximum Gasteiger partial charge on any atom is 0.414 e. The fraction of sp³-hybridized carbons (Fsp3) is 0.577. The van der Waals surface area contributed by atoms with Gasteiger partial charge in [-0.1, -0.05) is 0 Å². The van der Waals surface area contributed by atoms with Gasteiger partial charge in [0.25, 0.3) is 0 Å². The number of imidazole rings is 1. The molecule has 0 radical (unpaired) electrons. The first kappa shape index (κ1) is 24.7. The number of ether oxygens (including phenoxy) is 2. The Bertz CT molecular complexity index is 1190. The number of aliphatic hydroxyl groups excluding tert-OH is 1. The highest BCUT2D eigenvalue weighted by atomic mass is 16.5. The van der Waals surface area contributed by atoms with E-state index < -0.39 is 6.23 Å². The van der Waals surface area contributed by atoms with Crippen LogP contribution in [0.15, 0.2) is 30.6 Å². The summed E-state index contributed by atoms with van der Waals surface area (Å²) in [4.78, 5) is 21.5. The standard InChI is InChI=1S/C26H36N6O4/c1-18-5-6-20-21(32(18)26(34)35-3)7-8-22-25(20)28-23(9-14-30-13-4-12-27-30)31(22)17-24(33)29(2)19-10-15-36-16-11-19/h4,7-8,12-13,18-19,24,33H,5-6,9-11,14-17H2,1-3H3/t18-,24?/m0/s1. The third-order valence-electron chi connectivity index (χ3n) is 7.67. The Kier molecular flexibility index (Phi) is 7.27. The number of anilines is 1. The molecule has 0 aliphatic carbocycles. The average molecular weight is 497 g/mol. The van der Waals surface area contributed by atoms with Crippen LogP contribution in [0.4, 0.5) is 10.5 Å². The Morgan fingerprint density at radius 2 is 2.11 bits per heavy atom. The van der Waals surface area contributed by atoms with Crippen molar-refractivity contribution in [2.24, 2.45) is 0 Å². The van der Waals surface area contributed by atoms with Crippen LogP contribution in [0.2, 0.25) is 0 Å². The quantitative estimate of drug-likeness (QED) is 0.502. The zero-order valence-electron chi connectivity index (χ0n) is 21.3. The molecule has 2 aliphatic heterocycles. The van der Waals surface area contributed by atoms with Crippen molar-refractivity contribution in [3.05, 3.63) is 42.0 Å². The van der Waals surface area contributed by atoms with E-state index in [9.17, 15) is 9.90 Å². The number of fused-ring (bicyclic) bond motifs is 3. The number of likely N-dealkylation sites (N-methyl/N-ethyl adjacent to an activating group) is 1. The van der Waals surface area contributed by atoms with Crippen molar-refractivity contribution in [2.75, 3.05) is 32.3 Å². The third kappa shape index (κ3) is 4.72. The van der Waals surface area contributed by atoms with Crippen molar-refractivity contribution in [1.29, 1.82) is 0 Å². The van der Waals surface area contributed by atoms with Gasteiger partial charge in [-0.15, -0.1) is 0 Å². The lowest BCUT2D eigenvalue weighted by molar-refractivity contribution is -0.0496. The Balaban J connectivity index is 1.51. The van der Waals surface area contributed by atoms with Gasteiger partial charge in [-0.25, -0.2) is 9.78 Å². The van der Waals surface area contributed by atoms with E-state index in [1.807, 2.05) is 43.0 Å². The molecule has 1 saturated heterocycles. The minimum atomic E-state index is -0.656. The molecule has 2 atom stereocenters. The Morgan fingerprint density at radius 3 is 2.83 bits per heavy atom. The molecular weight excluding hydrogens is 460 g/mol. The van der Waals surface area contributed by atoms with Crippen LogP contribution in [-0.2, 0) is 35.4 Å². The van der Waals surface area contributed by atoms with Crippen molar-refractivity contribution in [1.82, 2.24) is 24.2 Å². The van der Waals surface area contributed by atoms with Crippen molar-refractivity contribution in [3.8, 4) is 0 Å². The first-order valence-corrected chi connectivity index (χ1v) is 12.8. The van der Waals surface area contributed by atoms with Gasteiger partial charge >= 0.3 is 6.09 Å². The smallest absolute Gasteiger partial charge is 0.414 e. The largest absolute Gasteiger partial charge is 0.452 e. The summed E-state index contributed by atoms with van der Waals surface area (Å²) in [6.07, 6.45) is 6.89. The number of hydrogen-bond acceptors (Lipinski definition) is 7. The molecule has 2 aromatic heterocycles. The highest BCUT2D eigenvalue weighted by molar-refractivity contribution is 5.95. The first-order chi connectivity index (χ1) is 17.5. The second-order valence-corrected chi connectivity index (χ2v) is 9.81. The summed E-state index contributed by atoms with van der Waals surface area (Å²) < 4.78 is 14.6. The molecule has 194 valence electrons. The van der Waals surface area contributed by atoms with Gasteiger partial charge in [-0.05, 0) is 57.9 Å². The second kappa shape index (κ2) is 10.6. The summed E-state index contributed by atoms with van der Waals surface area (Å²) in [5.74, 6) is 0.900. The number of aryl methyl sites for hydroxylation is 3. The molecule has 1 aromatic carbocycles. The van der Waals surface area contributed by atoms with Gasteiger partial charge in [0.15, 0.2) is 0 Å². The van der Waals surface area contributed by atoms with Gasteiger partial charge < -0.3 is 19.1 Å². The fourth-order valence-electron chi connectivity index (χ4n) is 5.52. The molecule has 2 aliphatic rings. The summed E-state index contributed by atoms with van der Waals surface area (Å²) in [6.45, 7) is 4.60. The number of methoxy groups -OCH3 is 1. The molecule has 4 heterocycles. The highest BCUT2D eigenvalue weighted by Crippen LogP contribution is 2.36. The third-order valence-corrected chi connectivity index (χ3v) is 7.67. The van der Waals surface area contributed by atoms with Crippen LogP contribution in [0, 0.1) is 0 Å². The molecular formula is C26H36N6O4. The first-order valence-electron chi connectivity index (χ1n) is 12.8. The van der Waals surface area contributed by atoms with Crippen molar-refractivity contribution in [3.63, 3.8) is 0 Å². The molecule has 10 nitrogen and oxygen atoms in total. The molecule has 1 amide bonds. The number of carbonyl (C=O) groups is 1. The molecule has 10 heteroatoms. The van der Waals surface area contributed by atoms with E-state index in [0.29, 0.717) is 25.6 Å². The predicted molar refractivity (Wildman–Crippen MR) is 136 cm³/mol. The van der Waals surface area contributed by atoms with Crippen LogP contribution < -0.4 is 4.90 Å². The second-order valence-electron chi connectivity index (χ2n) is 9.81. The number of aliphatic hydroxyl groups is 1. The van der Waals surface area contributed by atoms with Gasteiger partial charge in [0.2, 0.25) is 0 Å². The van der Waals surface area contributed by atoms with E-state index >= 15 is 0 Å². The van der Waals surface area contributed by atoms with E-state index in [0.717, 1.165) is 67.0 Å². The zero-order chi connectivity index (χ0) is 25.2. The molecule has 1 fully saturated rings.